The number of thiophene rings is 1. The van der Waals surface area contributed by atoms with Gasteiger partial charge in [-0.3, -0.25) is 9.69 Å². The lowest BCUT2D eigenvalue weighted by Crippen LogP contribution is -2.62. The van der Waals surface area contributed by atoms with E-state index in [0.717, 1.165) is 10.6 Å². The molecule has 2 aromatic heterocycles. The van der Waals surface area contributed by atoms with Crippen LogP contribution in [0.25, 0.3) is 9.75 Å². The highest BCUT2D eigenvalue weighted by Gasteiger charge is 2.40. The zero-order valence-corrected chi connectivity index (χ0v) is 15.0. The molecular formula is C17H21N3OS2. The molecule has 0 radical (unpaired) electrons. The van der Waals surface area contributed by atoms with E-state index in [9.17, 15) is 4.79 Å². The molecule has 122 valence electrons. The normalized spacial score (nSPS) is 29.7. The zero-order valence-electron chi connectivity index (χ0n) is 13.4. The molecule has 1 N–H and O–H groups in total. The molecule has 3 saturated heterocycles. The van der Waals surface area contributed by atoms with Gasteiger partial charge in [-0.2, -0.15) is 0 Å². The summed E-state index contributed by atoms with van der Waals surface area (Å²) in [6, 6.07) is 4.82. The molecule has 2 bridgehead atoms. The second-order valence-corrected chi connectivity index (χ2v) is 8.47. The first kappa shape index (κ1) is 15.3. The average molecular weight is 348 g/mol. The maximum Gasteiger partial charge on any atom is 0.280 e. The molecule has 5 heterocycles. The van der Waals surface area contributed by atoms with Gasteiger partial charge in [0.1, 0.15) is 0 Å². The van der Waals surface area contributed by atoms with Gasteiger partial charge in [0.15, 0.2) is 5.01 Å². The van der Waals surface area contributed by atoms with E-state index in [1.54, 1.807) is 11.3 Å². The van der Waals surface area contributed by atoms with Gasteiger partial charge in [-0.05, 0) is 57.1 Å². The predicted molar refractivity (Wildman–Crippen MR) is 95.2 cm³/mol. The summed E-state index contributed by atoms with van der Waals surface area (Å²) in [5.74, 6) is 0.614. The second-order valence-electron chi connectivity index (χ2n) is 6.52. The van der Waals surface area contributed by atoms with E-state index in [1.165, 1.54) is 42.1 Å². The first-order valence-electron chi connectivity index (χ1n) is 8.19. The summed E-state index contributed by atoms with van der Waals surface area (Å²) in [6.07, 6.45) is 2.40. The van der Waals surface area contributed by atoms with Crippen molar-refractivity contribution in [1.82, 2.24) is 15.2 Å². The number of rotatable bonds is 3. The van der Waals surface area contributed by atoms with Crippen LogP contribution in [0, 0.1) is 12.8 Å². The summed E-state index contributed by atoms with van der Waals surface area (Å²) < 4.78 is 0. The van der Waals surface area contributed by atoms with Crippen LogP contribution in [0.1, 0.15) is 35.3 Å². The van der Waals surface area contributed by atoms with E-state index in [0.29, 0.717) is 17.0 Å². The molecular weight excluding hydrogens is 326 g/mol. The Morgan fingerprint density at radius 2 is 2.17 bits per heavy atom. The van der Waals surface area contributed by atoms with E-state index in [4.69, 9.17) is 0 Å². The van der Waals surface area contributed by atoms with Crippen LogP contribution in [-0.2, 0) is 0 Å². The largest absolute Gasteiger partial charge is 0.345 e. The molecule has 3 aliphatic rings. The van der Waals surface area contributed by atoms with Crippen molar-refractivity contribution in [2.75, 3.05) is 13.1 Å². The summed E-state index contributed by atoms with van der Waals surface area (Å²) in [5.41, 5.74) is 0.949. The van der Waals surface area contributed by atoms with Crippen molar-refractivity contribution in [2.45, 2.75) is 38.8 Å². The molecule has 0 aliphatic carbocycles. The highest BCUT2D eigenvalue weighted by molar-refractivity contribution is 7.22. The number of amides is 1. The number of thiazole rings is 1. The Morgan fingerprint density at radius 1 is 1.39 bits per heavy atom. The number of aryl methyl sites for hydroxylation is 1. The van der Waals surface area contributed by atoms with Crippen LogP contribution in [0.3, 0.4) is 0 Å². The molecule has 4 nitrogen and oxygen atoms in total. The first-order chi connectivity index (χ1) is 11.1. The smallest absolute Gasteiger partial charge is 0.280 e. The molecule has 3 aliphatic heterocycles. The van der Waals surface area contributed by atoms with Gasteiger partial charge in [-0.15, -0.1) is 22.7 Å². The summed E-state index contributed by atoms with van der Waals surface area (Å²) in [6.45, 7) is 6.58. The van der Waals surface area contributed by atoms with E-state index in [-0.39, 0.29) is 11.9 Å². The molecule has 6 heteroatoms. The topological polar surface area (TPSA) is 45.2 Å². The molecule has 2 unspecified atom stereocenters. The van der Waals surface area contributed by atoms with Crippen molar-refractivity contribution in [3.05, 3.63) is 28.2 Å². The van der Waals surface area contributed by atoms with Crippen molar-refractivity contribution in [3.8, 4) is 9.75 Å². The molecule has 0 spiro atoms. The Kier molecular flexibility index (Phi) is 3.99. The van der Waals surface area contributed by atoms with Gasteiger partial charge in [-0.25, -0.2) is 4.98 Å². The molecule has 23 heavy (non-hydrogen) atoms. The van der Waals surface area contributed by atoms with Crippen LogP contribution in [0.4, 0.5) is 0 Å². The Hall–Kier alpha value is -1.24. The standard InChI is InChI=1S/C17H21N3OS2/c1-10-15(13-4-3-9-22-13)23-17(18-10)16(21)19-14-11(2)20-7-5-12(14)6-8-20/h3-4,9,11-12,14H,5-8H2,1-2H3,(H,19,21). The highest BCUT2D eigenvalue weighted by Crippen LogP contribution is 2.35. The number of carbonyl (C=O) groups excluding carboxylic acids is 1. The van der Waals surface area contributed by atoms with Crippen molar-refractivity contribution < 1.29 is 4.79 Å². The number of hydrogen-bond donors (Lipinski definition) is 1. The van der Waals surface area contributed by atoms with Gasteiger partial charge >= 0.3 is 0 Å². The lowest BCUT2D eigenvalue weighted by atomic mass is 9.79. The maximum absolute atomic E-state index is 12.7. The van der Waals surface area contributed by atoms with E-state index in [2.05, 4.69) is 33.6 Å². The third-order valence-electron chi connectivity index (χ3n) is 5.21. The Balaban J connectivity index is 1.53. The molecule has 3 fully saturated rings. The van der Waals surface area contributed by atoms with Crippen molar-refractivity contribution >= 4 is 28.6 Å². The van der Waals surface area contributed by atoms with Gasteiger partial charge < -0.3 is 5.32 Å². The highest BCUT2D eigenvalue weighted by atomic mass is 32.1. The lowest BCUT2D eigenvalue weighted by Gasteiger charge is -2.49. The predicted octanol–water partition coefficient (Wildman–Crippen LogP) is 3.39. The number of fused-ring (bicyclic) bond motifs is 3. The molecule has 2 aromatic rings. The van der Waals surface area contributed by atoms with Crippen molar-refractivity contribution in [3.63, 3.8) is 0 Å². The summed E-state index contributed by atoms with van der Waals surface area (Å²) >= 11 is 3.20. The van der Waals surface area contributed by atoms with Crippen LogP contribution in [-0.4, -0.2) is 41.0 Å². The van der Waals surface area contributed by atoms with Gasteiger partial charge in [0.2, 0.25) is 0 Å². The van der Waals surface area contributed by atoms with Crippen LogP contribution in [0.5, 0.6) is 0 Å². The fraction of sp³-hybridized carbons (Fsp3) is 0.529. The summed E-state index contributed by atoms with van der Waals surface area (Å²) in [4.78, 5) is 22.0. The van der Waals surface area contributed by atoms with Gasteiger partial charge in [0.25, 0.3) is 5.91 Å². The maximum atomic E-state index is 12.7. The van der Waals surface area contributed by atoms with E-state index >= 15 is 0 Å². The molecule has 2 atom stereocenters. The average Bonchev–Trinajstić information content (AvgIpc) is 3.20. The number of nitrogens with one attached hydrogen (secondary N) is 1. The lowest BCUT2D eigenvalue weighted by molar-refractivity contribution is 0.0217. The SMILES string of the molecule is Cc1nc(C(=O)NC2C3CCN(CC3)C2C)sc1-c1cccs1. The Morgan fingerprint density at radius 3 is 2.83 bits per heavy atom. The Labute approximate surface area is 144 Å². The van der Waals surface area contributed by atoms with E-state index in [1.807, 2.05) is 13.0 Å². The van der Waals surface area contributed by atoms with Gasteiger partial charge in [-0.1, -0.05) is 6.07 Å². The van der Waals surface area contributed by atoms with Crippen LogP contribution in [0.2, 0.25) is 0 Å². The number of aromatic nitrogens is 1. The van der Waals surface area contributed by atoms with Crippen molar-refractivity contribution in [1.29, 1.82) is 0 Å². The summed E-state index contributed by atoms with van der Waals surface area (Å²) in [7, 11) is 0. The minimum Gasteiger partial charge on any atom is -0.345 e. The number of carbonyl (C=O) groups is 1. The minimum absolute atomic E-state index is 0.00786. The second kappa shape index (κ2) is 6.00. The summed E-state index contributed by atoms with van der Waals surface area (Å²) in [5, 5.41) is 5.92. The number of nitrogens with zero attached hydrogens (tertiary/aromatic N) is 2. The number of hydrogen-bond acceptors (Lipinski definition) is 5. The van der Waals surface area contributed by atoms with Gasteiger partial charge in [0.05, 0.1) is 10.6 Å². The fourth-order valence-corrected chi connectivity index (χ4v) is 5.76. The fourth-order valence-electron chi connectivity index (χ4n) is 3.89. The zero-order chi connectivity index (χ0) is 16.0. The van der Waals surface area contributed by atoms with Crippen LogP contribution < -0.4 is 5.32 Å². The minimum atomic E-state index is -0.00786. The third kappa shape index (κ3) is 2.73. The third-order valence-corrected chi connectivity index (χ3v) is 7.42. The quantitative estimate of drug-likeness (QED) is 0.926. The van der Waals surface area contributed by atoms with Crippen molar-refractivity contribution in [2.24, 2.45) is 5.92 Å². The molecule has 1 amide bonds. The van der Waals surface area contributed by atoms with Crippen LogP contribution >= 0.6 is 22.7 Å². The molecule has 5 rings (SSSR count). The molecule has 0 saturated carbocycles. The van der Waals surface area contributed by atoms with E-state index < -0.39 is 0 Å². The Bertz CT molecular complexity index is 700. The monoisotopic (exact) mass is 347 g/mol. The first-order valence-corrected chi connectivity index (χ1v) is 9.89. The van der Waals surface area contributed by atoms with Crippen LogP contribution in [0.15, 0.2) is 17.5 Å². The molecule has 0 aromatic carbocycles. The number of piperidine rings is 3. The van der Waals surface area contributed by atoms with Gasteiger partial charge in [0, 0.05) is 17.0 Å².